The normalized spacial score (nSPS) is 14.8. The average molecular weight is 252 g/mol. The van der Waals surface area contributed by atoms with E-state index in [9.17, 15) is 4.39 Å². The SMILES string of the molecule is COCCN=C(NN)N1CCc2ccc(F)cc21. The van der Waals surface area contributed by atoms with Crippen molar-refractivity contribution in [2.45, 2.75) is 6.42 Å². The predicted molar refractivity (Wildman–Crippen MR) is 69.0 cm³/mol. The van der Waals surface area contributed by atoms with Crippen LogP contribution in [0, 0.1) is 5.82 Å². The first-order valence-corrected chi connectivity index (χ1v) is 5.82. The third-order valence-electron chi connectivity index (χ3n) is 2.88. The molecule has 0 fully saturated rings. The lowest BCUT2D eigenvalue weighted by Gasteiger charge is -2.20. The fraction of sp³-hybridized carbons (Fsp3) is 0.417. The van der Waals surface area contributed by atoms with Gasteiger partial charge in [0.25, 0.3) is 0 Å². The zero-order chi connectivity index (χ0) is 13.0. The smallest absolute Gasteiger partial charge is 0.213 e. The molecule has 0 saturated heterocycles. The first-order valence-electron chi connectivity index (χ1n) is 5.82. The van der Waals surface area contributed by atoms with Gasteiger partial charge in [-0.25, -0.2) is 15.2 Å². The highest BCUT2D eigenvalue weighted by Crippen LogP contribution is 2.28. The summed E-state index contributed by atoms with van der Waals surface area (Å²) in [5.41, 5.74) is 4.49. The van der Waals surface area contributed by atoms with E-state index >= 15 is 0 Å². The number of nitrogens with one attached hydrogen (secondary N) is 1. The second-order valence-corrected chi connectivity index (χ2v) is 4.02. The van der Waals surface area contributed by atoms with Crippen LogP contribution in [-0.4, -0.2) is 32.8 Å². The number of guanidine groups is 1. The van der Waals surface area contributed by atoms with E-state index in [1.807, 2.05) is 4.90 Å². The van der Waals surface area contributed by atoms with Gasteiger partial charge in [0.2, 0.25) is 5.96 Å². The van der Waals surface area contributed by atoms with Crippen LogP contribution in [0.15, 0.2) is 23.2 Å². The molecule has 0 spiro atoms. The molecule has 1 aromatic carbocycles. The van der Waals surface area contributed by atoms with Crippen LogP contribution >= 0.6 is 0 Å². The molecule has 0 atom stereocenters. The molecule has 0 saturated carbocycles. The van der Waals surface area contributed by atoms with E-state index in [-0.39, 0.29) is 5.82 Å². The van der Waals surface area contributed by atoms with Crippen LogP contribution in [0.5, 0.6) is 0 Å². The Labute approximate surface area is 105 Å². The van der Waals surface area contributed by atoms with Gasteiger partial charge in [-0.3, -0.25) is 5.43 Å². The van der Waals surface area contributed by atoms with Crippen molar-refractivity contribution in [1.29, 1.82) is 0 Å². The summed E-state index contributed by atoms with van der Waals surface area (Å²) in [4.78, 5) is 6.18. The van der Waals surface area contributed by atoms with Crippen molar-refractivity contribution < 1.29 is 9.13 Å². The Bertz CT molecular complexity index is 450. The molecule has 3 N–H and O–H groups in total. The van der Waals surface area contributed by atoms with Gasteiger partial charge in [0, 0.05) is 19.3 Å². The second kappa shape index (κ2) is 5.79. The molecular formula is C12H17FN4O. The summed E-state index contributed by atoms with van der Waals surface area (Å²) >= 11 is 0. The second-order valence-electron chi connectivity index (χ2n) is 4.02. The summed E-state index contributed by atoms with van der Waals surface area (Å²) in [5.74, 6) is 5.76. The molecule has 18 heavy (non-hydrogen) atoms. The molecular weight excluding hydrogens is 235 g/mol. The van der Waals surface area contributed by atoms with Gasteiger partial charge in [0.1, 0.15) is 5.82 Å². The van der Waals surface area contributed by atoms with Crippen LogP contribution in [-0.2, 0) is 11.2 Å². The first-order chi connectivity index (χ1) is 8.76. The Morgan fingerprint density at radius 1 is 1.61 bits per heavy atom. The van der Waals surface area contributed by atoms with Gasteiger partial charge in [0.15, 0.2) is 0 Å². The summed E-state index contributed by atoms with van der Waals surface area (Å²) in [6, 6.07) is 4.78. The monoisotopic (exact) mass is 252 g/mol. The summed E-state index contributed by atoms with van der Waals surface area (Å²) < 4.78 is 18.2. The van der Waals surface area contributed by atoms with Crippen LogP contribution in [0.3, 0.4) is 0 Å². The maximum atomic E-state index is 13.3. The van der Waals surface area contributed by atoms with Gasteiger partial charge < -0.3 is 9.64 Å². The predicted octanol–water partition coefficient (Wildman–Crippen LogP) is 0.654. The van der Waals surface area contributed by atoms with Crippen molar-refractivity contribution in [2.24, 2.45) is 10.8 Å². The number of fused-ring (bicyclic) bond motifs is 1. The number of rotatable bonds is 3. The summed E-state index contributed by atoms with van der Waals surface area (Å²) in [6.07, 6.45) is 0.862. The van der Waals surface area contributed by atoms with Crippen molar-refractivity contribution in [1.82, 2.24) is 5.43 Å². The highest BCUT2D eigenvalue weighted by molar-refractivity contribution is 5.97. The molecule has 2 rings (SSSR count). The number of ether oxygens (including phenoxy) is 1. The molecule has 0 aliphatic carbocycles. The molecule has 0 aromatic heterocycles. The summed E-state index contributed by atoms with van der Waals surface area (Å²) in [6.45, 7) is 1.78. The molecule has 0 radical (unpaired) electrons. The van der Waals surface area contributed by atoms with E-state index in [2.05, 4.69) is 10.4 Å². The third-order valence-corrected chi connectivity index (χ3v) is 2.88. The molecule has 6 heteroatoms. The molecule has 0 amide bonds. The number of halogens is 1. The number of nitrogens with two attached hydrogens (primary N) is 1. The van der Waals surface area contributed by atoms with Gasteiger partial charge in [-0.2, -0.15) is 0 Å². The van der Waals surface area contributed by atoms with E-state index in [0.29, 0.717) is 19.1 Å². The van der Waals surface area contributed by atoms with E-state index in [0.717, 1.165) is 24.2 Å². The topological polar surface area (TPSA) is 62.9 Å². The van der Waals surface area contributed by atoms with Crippen molar-refractivity contribution in [3.05, 3.63) is 29.6 Å². The number of hydrazine groups is 1. The molecule has 1 aromatic rings. The number of methoxy groups -OCH3 is 1. The standard InChI is InChI=1S/C12H17FN4O/c1-18-7-5-15-12(16-14)17-6-4-9-2-3-10(13)8-11(9)17/h2-3,8H,4-7,14H2,1H3,(H,15,16). The van der Waals surface area contributed by atoms with Gasteiger partial charge >= 0.3 is 0 Å². The Hall–Kier alpha value is -1.66. The van der Waals surface area contributed by atoms with Crippen molar-refractivity contribution in [3.8, 4) is 0 Å². The zero-order valence-electron chi connectivity index (χ0n) is 10.3. The van der Waals surface area contributed by atoms with Gasteiger partial charge in [-0.15, -0.1) is 0 Å². The molecule has 1 aliphatic heterocycles. The number of nitrogens with zero attached hydrogens (tertiary/aromatic N) is 2. The highest BCUT2D eigenvalue weighted by atomic mass is 19.1. The number of benzene rings is 1. The van der Waals surface area contributed by atoms with E-state index in [1.54, 1.807) is 13.2 Å². The molecule has 5 nitrogen and oxygen atoms in total. The van der Waals surface area contributed by atoms with Crippen molar-refractivity contribution >= 4 is 11.6 Å². The van der Waals surface area contributed by atoms with E-state index < -0.39 is 0 Å². The van der Waals surface area contributed by atoms with Crippen LogP contribution in [0.2, 0.25) is 0 Å². The Morgan fingerprint density at radius 2 is 2.44 bits per heavy atom. The Morgan fingerprint density at radius 3 is 3.17 bits per heavy atom. The Kier molecular flexibility index (Phi) is 4.11. The van der Waals surface area contributed by atoms with Crippen molar-refractivity contribution in [3.63, 3.8) is 0 Å². The van der Waals surface area contributed by atoms with Crippen LogP contribution in [0.25, 0.3) is 0 Å². The lowest BCUT2D eigenvalue weighted by Crippen LogP contribution is -2.44. The third kappa shape index (κ3) is 2.60. The maximum Gasteiger partial charge on any atom is 0.213 e. The van der Waals surface area contributed by atoms with E-state index in [1.165, 1.54) is 12.1 Å². The number of anilines is 1. The molecule has 0 bridgehead atoms. The first kappa shape index (κ1) is 12.8. The van der Waals surface area contributed by atoms with Gasteiger partial charge in [-0.05, 0) is 24.1 Å². The lowest BCUT2D eigenvalue weighted by molar-refractivity contribution is 0.208. The fourth-order valence-corrected chi connectivity index (χ4v) is 2.02. The van der Waals surface area contributed by atoms with Crippen LogP contribution in [0.4, 0.5) is 10.1 Å². The minimum absolute atomic E-state index is 0.256. The minimum atomic E-state index is -0.256. The Balaban J connectivity index is 2.20. The van der Waals surface area contributed by atoms with Crippen LogP contribution < -0.4 is 16.2 Å². The molecule has 0 unspecified atom stereocenters. The molecule has 1 heterocycles. The number of hydrogen-bond donors (Lipinski definition) is 2. The number of hydrogen-bond acceptors (Lipinski definition) is 3. The highest BCUT2D eigenvalue weighted by Gasteiger charge is 2.23. The average Bonchev–Trinajstić information content (AvgIpc) is 2.78. The van der Waals surface area contributed by atoms with Gasteiger partial charge in [0.05, 0.1) is 13.2 Å². The maximum absolute atomic E-state index is 13.3. The molecule has 1 aliphatic rings. The largest absolute Gasteiger partial charge is 0.383 e. The van der Waals surface area contributed by atoms with Crippen LogP contribution in [0.1, 0.15) is 5.56 Å². The number of aliphatic imine (C=N–C) groups is 1. The van der Waals surface area contributed by atoms with Crippen molar-refractivity contribution in [2.75, 3.05) is 31.7 Å². The molecule has 98 valence electrons. The lowest BCUT2D eigenvalue weighted by atomic mass is 10.2. The minimum Gasteiger partial charge on any atom is -0.383 e. The zero-order valence-corrected chi connectivity index (χ0v) is 10.3. The fourth-order valence-electron chi connectivity index (χ4n) is 2.02. The van der Waals surface area contributed by atoms with Gasteiger partial charge in [-0.1, -0.05) is 6.07 Å². The summed E-state index contributed by atoms with van der Waals surface area (Å²) in [5, 5.41) is 0. The quantitative estimate of drug-likeness (QED) is 0.273. The van der Waals surface area contributed by atoms with E-state index in [4.69, 9.17) is 10.6 Å². The summed E-state index contributed by atoms with van der Waals surface area (Å²) in [7, 11) is 1.62.